The van der Waals surface area contributed by atoms with E-state index in [9.17, 15) is 9.59 Å². The minimum absolute atomic E-state index is 0.0134. The quantitative estimate of drug-likeness (QED) is 0.796. The number of hydrogen-bond acceptors (Lipinski definition) is 3. The number of carbonyl (C=O) groups is 2. The van der Waals surface area contributed by atoms with Gasteiger partial charge in [0, 0.05) is 32.7 Å². The molecule has 2 unspecified atom stereocenters. The van der Waals surface area contributed by atoms with Crippen molar-refractivity contribution in [2.75, 3.05) is 20.3 Å². The first kappa shape index (κ1) is 15.0. The summed E-state index contributed by atoms with van der Waals surface area (Å²) in [6.07, 6.45) is 1.76. The standard InChI is InChI=1S/C13H24N2O3/c1-5-13(3)12(17)15(8-6-11(16)14-13)10(2)7-9-18-4/h10H,5-9H2,1-4H3,(H,14,16). The first-order valence-electron chi connectivity index (χ1n) is 6.55. The second-order valence-electron chi connectivity index (χ2n) is 5.11. The van der Waals surface area contributed by atoms with Crippen molar-refractivity contribution in [1.82, 2.24) is 10.2 Å². The zero-order chi connectivity index (χ0) is 13.8. The lowest BCUT2D eigenvalue weighted by Gasteiger charge is -2.34. The maximum atomic E-state index is 12.5. The molecule has 1 aliphatic rings. The third-order valence-corrected chi connectivity index (χ3v) is 3.71. The zero-order valence-electron chi connectivity index (χ0n) is 11.8. The molecule has 1 saturated heterocycles. The lowest BCUT2D eigenvalue weighted by Crippen LogP contribution is -2.56. The molecule has 5 nitrogen and oxygen atoms in total. The maximum Gasteiger partial charge on any atom is 0.248 e. The summed E-state index contributed by atoms with van der Waals surface area (Å²) in [5.41, 5.74) is -0.769. The molecule has 1 rings (SSSR count). The number of nitrogens with one attached hydrogen (secondary N) is 1. The van der Waals surface area contributed by atoms with Gasteiger partial charge in [0.05, 0.1) is 0 Å². The van der Waals surface area contributed by atoms with Gasteiger partial charge in [-0.05, 0) is 26.7 Å². The molecule has 0 radical (unpaired) electrons. The van der Waals surface area contributed by atoms with Crippen LogP contribution in [0.25, 0.3) is 0 Å². The van der Waals surface area contributed by atoms with E-state index in [1.54, 1.807) is 18.9 Å². The third-order valence-electron chi connectivity index (χ3n) is 3.71. The van der Waals surface area contributed by atoms with Gasteiger partial charge in [0.15, 0.2) is 0 Å². The Labute approximate surface area is 109 Å². The number of methoxy groups -OCH3 is 1. The molecule has 1 N–H and O–H groups in total. The SMILES string of the molecule is CCC1(C)NC(=O)CCN(C(C)CCOC)C1=O. The fourth-order valence-corrected chi connectivity index (χ4v) is 2.17. The Morgan fingerprint density at radius 2 is 2.17 bits per heavy atom. The summed E-state index contributed by atoms with van der Waals surface area (Å²) in [5, 5.41) is 2.83. The Balaban J connectivity index is 2.84. The van der Waals surface area contributed by atoms with Crippen molar-refractivity contribution in [1.29, 1.82) is 0 Å². The monoisotopic (exact) mass is 256 g/mol. The van der Waals surface area contributed by atoms with Gasteiger partial charge in [-0.2, -0.15) is 0 Å². The van der Waals surface area contributed by atoms with Gasteiger partial charge in [-0.1, -0.05) is 6.92 Å². The van der Waals surface area contributed by atoms with Crippen LogP contribution >= 0.6 is 0 Å². The Morgan fingerprint density at radius 3 is 2.72 bits per heavy atom. The number of hydrogen-bond donors (Lipinski definition) is 1. The predicted octanol–water partition coefficient (Wildman–Crippen LogP) is 0.929. The predicted molar refractivity (Wildman–Crippen MR) is 69.1 cm³/mol. The van der Waals surface area contributed by atoms with Gasteiger partial charge in [0.2, 0.25) is 11.8 Å². The molecule has 0 aliphatic carbocycles. The van der Waals surface area contributed by atoms with E-state index in [2.05, 4.69) is 5.32 Å². The Kier molecular flexibility index (Phi) is 5.14. The molecule has 0 bridgehead atoms. The summed E-state index contributed by atoms with van der Waals surface area (Å²) in [7, 11) is 1.65. The van der Waals surface area contributed by atoms with Crippen molar-refractivity contribution in [3.63, 3.8) is 0 Å². The lowest BCUT2D eigenvalue weighted by molar-refractivity contribution is -0.140. The van der Waals surface area contributed by atoms with E-state index in [0.29, 0.717) is 26.0 Å². The number of nitrogens with zero attached hydrogens (tertiary/aromatic N) is 1. The van der Waals surface area contributed by atoms with Gasteiger partial charge >= 0.3 is 0 Å². The van der Waals surface area contributed by atoms with E-state index in [-0.39, 0.29) is 17.9 Å². The highest BCUT2D eigenvalue weighted by molar-refractivity contribution is 5.93. The van der Waals surface area contributed by atoms with Crippen LogP contribution in [0.2, 0.25) is 0 Å². The summed E-state index contributed by atoms with van der Waals surface area (Å²) in [6, 6.07) is 0.0935. The van der Waals surface area contributed by atoms with Crippen LogP contribution in [0.4, 0.5) is 0 Å². The molecule has 5 heteroatoms. The van der Waals surface area contributed by atoms with Crippen LogP contribution in [-0.2, 0) is 14.3 Å². The molecule has 1 aliphatic heterocycles. The summed E-state index contributed by atoms with van der Waals surface area (Å²) >= 11 is 0. The lowest BCUT2D eigenvalue weighted by atomic mass is 9.96. The molecule has 0 saturated carbocycles. The van der Waals surface area contributed by atoms with Crippen LogP contribution < -0.4 is 5.32 Å². The van der Waals surface area contributed by atoms with Gasteiger partial charge in [-0.3, -0.25) is 9.59 Å². The highest BCUT2D eigenvalue weighted by Gasteiger charge is 2.40. The first-order valence-corrected chi connectivity index (χ1v) is 6.55. The van der Waals surface area contributed by atoms with Crippen LogP contribution in [0, 0.1) is 0 Å². The fourth-order valence-electron chi connectivity index (χ4n) is 2.17. The van der Waals surface area contributed by atoms with E-state index in [0.717, 1.165) is 6.42 Å². The van der Waals surface area contributed by atoms with Crippen LogP contribution in [0.3, 0.4) is 0 Å². The molecule has 2 atom stereocenters. The molecule has 0 aromatic carbocycles. The second-order valence-corrected chi connectivity index (χ2v) is 5.11. The van der Waals surface area contributed by atoms with E-state index in [1.807, 2.05) is 13.8 Å². The van der Waals surface area contributed by atoms with Crippen molar-refractivity contribution in [3.05, 3.63) is 0 Å². The molecular formula is C13H24N2O3. The zero-order valence-corrected chi connectivity index (χ0v) is 11.8. The van der Waals surface area contributed by atoms with Crippen molar-refractivity contribution >= 4 is 11.8 Å². The van der Waals surface area contributed by atoms with Crippen LogP contribution in [0.15, 0.2) is 0 Å². The van der Waals surface area contributed by atoms with Gasteiger partial charge in [0.25, 0.3) is 0 Å². The highest BCUT2D eigenvalue weighted by Crippen LogP contribution is 2.20. The molecule has 0 aromatic rings. The minimum atomic E-state index is -0.769. The minimum Gasteiger partial charge on any atom is -0.385 e. The number of amides is 2. The molecule has 104 valence electrons. The third kappa shape index (κ3) is 3.22. The average molecular weight is 256 g/mol. The van der Waals surface area contributed by atoms with E-state index in [4.69, 9.17) is 4.74 Å². The van der Waals surface area contributed by atoms with Crippen molar-refractivity contribution in [2.24, 2.45) is 0 Å². The molecule has 0 spiro atoms. The van der Waals surface area contributed by atoms with E-state index < -0.39 is 5.54 Å². The fraction of sp³-hybridized carbons (Fsp3) is 0.846. The summed E-state index contributed by atoms with van der Waals surface area (Å²) in [5.74, 6) is -0.0337. The first-order chi connectivity index (χ1) is 8.44. The van der Waals surface area contributed by atoms with Gasteiger partial charge in [-0.15, -0.1) is 0 Å². The van der Waals surface area contributed by atoms with Crippen LogP contribution in [0.5, 0.6) is 0 Å². The van der Waals surface area contributed by atoms with Gasteiger partial charge in [-0.25, -0.2) is 0 Å². The molecule has 1 fully saturated rings. The smallest absolute Gasteiger partial charge is 0.248 e. The molecule has 1 heterocycles. The van der Waals surface area contributed by atoms with Gasteiger partial charge in [0.1, 0.15) is 5.54 Å². The van der Waals surface area contributed by atoms with Crippen molar-refractivity contribution < 1.29 is 14.3 Å². The normalized spacial score (nSPS) is 26.8. The maximum absolute atomic E-state index is 12.5. The van der Waals surface area contributed by atoms with E-state index in [1.165, 1.54) is 0 Å². The number of rotatable bonds is 5. The summed E-state index contributed by atoms with van der Waals surface area (Å²) < 4.78 is 5.05. The highest BCUT2D eigenvalue weighted by atomic mass is 16.5. The molecule has 0 aromatic heterocycles. The van der Waals surface area contributed by atoms with Gasteiger partial charge < -0.3 is 15.0 Å². The topological polar surface area (TPSA) is 58.6 Å². The van der Waals surface area contributed by atoms with Crippen LogP contribution in [-0.4, -0.2) is 48.6 Å². The Hall–Kier alpha value is -1.10. The summed E-state index contributed by atoms with van der Waals surface area (Å²) in [6.45, 7) is 6.83. The Morgan fingerprint density at radius 1 is 1.50 bits per heavy atom. The molecule has 2 amide bonds. The van der Waals surface area contributed by atoms with Crippen molar-refractivity contribution in [2.45, 2.75) is 51.6 Å². The second kappa shape index (κ2) is 6.18. The Bertz CT molecular complexity index is 319. The average Bonchev–Trinajstić information content (AvgIpc) is 2.45. The molecular weight excluding hydrogens is 232 g/mol. The van der Waals surface area contributed by atoms with Crippen LogP contribution in [0.1, 0.15) is 40.0 Å². The molecule has 18 heavy (non-hydrogen) atoms. The van der Waals surface area contributed by atoms with Crippen molar-refractivity contribution in [3.8, 4) is 0 Å². The number of ether oxygens (including phenoxy) is 1. The van der Waals surface area contributed by atoms with E-state index >= 15 is 0 Å². The largest absolute Gasteiger partial charge is 0.385 e. The summed E-state index contributed by atoms with van der Waals surface area (Å²) in [4.78, 5) is 26.0. The number of carbonyl (C=O) groups excluding carboxylic acids is 2.